The number of hydrogen-bond donors (Lipinski definition) is 1. The van der Waals surface area contributed by atoms with Crippen molar-refractivity contribution in [1.82, 2.24) is 9.80 Å². The van der Waals surface area contributed by atoms with Gasteiger partial charge < -0.3 is 14.4 Å². The molecule has 0 saturated heterocycles. The third-order valence-corrected chi connectivity index (χ3v) is 1.71. The summed E-state index contributed by atoms with van der Waals surface area (Å²) in [5.74, 6) is 1.44. The Kier molecular flexibility index (Phi) is 4.31. The third-order valence-electron chi connectivity index (χ3n) is 1.21. The zero-order valence-corrected chi connectivity index (χ0v) is 7.48. The maximum atomic E-state index is 8.48. The molecule has 0 aliphatic heterocycles. The Bertz CT molecular complexity index is 116. The van der Waals surface area contributed by atoms with Gasteiger partial charge in [0.1, 0.15) is 0 Å². The fraction of sp³-hybridized carbons (Fsp3) is 0.667. The monoisotopic (exact) mass is 162 g/mol. The van der Waals surface area contributed by atoms with Crippen LogP contribution in [0.2, 0.25) is 0 Å². The van der Waals surface area contributed by atoms with Gasteiger partial charge >= 0.3 is 0 Å². The first-order valence-corrected chi connectivity index (χ1v) is 3.87. The quantitative estimate of drug-likeness (QED) is 0.495. The summed E-state index contributed by atoms with van der Waals surface area (Å²) in [4.78, 5) is 3.76. The predicted molar refractivity (Wildman–Crippen MR) is 45.7 cm³/mol. The van der Waals surface area contributed by atoms with Crippen LogP contribution in [0.5, 0.6) is 0 Å². The first kappa shape index (κ1) is 9.65. The molecule has 60 valence electrons. The average Bonchev–Trinajstić information content (AvgIpc) is 1.87. The Balaban J connectivity index is 3.71. The first-order chi connectivity index (χ1) is 4.59. The van der Waals surface area contributed by atoms with E-state index in [1.54, 1.807) is 0 Å². The smallest absolute Gasteiger partial charge is 0.0964 e. The van der Waals surface area contributed by atoms with Crippen LogP contribution in [0.25, 0.3) is 0 Å². The SMILES string of the molecule is C=C(N(C)C)N(C)CSO. The summed E-state index contributed by atoms with van der Waals surface area (Å²) in [5, 5.41) is 0. The van der Waals surface area contributed by atoms with Gasteiger partial charge in [-0.25, -0.2) is 0 Å². The Labute approximate surface area is 66.5 Å². The van der Waals surface area contributed by atoms with E-state index in [0.717, 1.165) is 17.9 Å². The molecule has 0 amide bonds. The number of nitrogens with zero attached hydrogens (tertiary/aromatic N) is 2. The number of hydrogen-bond acceptors (Lipinski definition) is 4. The van der Waals surface area contributed by atoms with E-state index in [1.807, 2.05) is 30.9 Å². The molecule has 3 nitrogen and oxygen atoms in total. The van der Waals surface area contributed by atoms with Crippen LogP contribution >= 0.6 is 12.0 Å². The van der Waals surface area contributed by atoms with Crippen LogP contribution < -0.4 is 0 Å². The summed E-state index contributed by atoms with van der Waals surface area (Å²) in [6.45, 7) is 3.80. The van der Waals surface area contributed by atoms with Gasteiger partial charge in [0.25, 0.3) is 0 Å². The zero-order chi connectivity index (χ0) is 8.15. The van der Waals surface area contributed by atoms with Crippen molar-refractivity contribution in [3.8, 4) is 0 Å². The number of rotatable bonds is 4. The van der Waals surface area contributed by atoms with Crippen molar-refractivity contribution in [2.45, 2.75) is 0 Å². The molecule has 0 aliphatic rings. The molecular formula is C6H14N2OS. The van der Waals surface area contributed by atoms with Gasteiger partial charge in [-0.2, -0.15) is 0 Å². The highest BCUT2D eigenvalue weighted by molar-refractivity contribution is 7.93. The van der Waals surface area contributed by atoms with E-state index in [0.29, 0.717) is 5.88 Å². The Morgan fingerprint density at radius 2 is 2.00 bits per heavy atom. The topological polar surface area (TPSA) is 26.7 Å². The van der Waals surface area contributed by atoms with Gasteiger partial charge in [0, 0.05) is 33.2 Å². The molecule has 0 unspecified atom stereocenters. The minimum Gasteiger partial charge on any atom is -0.365 e. The van der Waals surface area contributed by atoms with Crippen LogP contribution in [-0.4, -0.2) is 41.4 Å². The van der Waals surface area contributed by atoms with Crippen LogP contribution in [0.3, 0.4) is 0 Å². The highest BCUT2D eigenvalue weighted by atomic mass is 32.2. The minimum absolute atomic E-state index is 0.553. The Morgan fingerprint density at radius 1 is 1.50 bits per heavy atom. The van der Waals surface area contributed by atoms with E-state index >= 15 is 0 Å². The lowest BCUT2D eigenvalue weighted by atomic mass is 10.6. The maximum Gasteiger partial charge on any atom is 0.0964 e. The fourth-order valence-corrected chi connectivity index (χ4v) is 0.825. The molecule has 0 aromatic rings. The average molecular weight is 162 g/mol. The van der Waals surface area contributed by atoms with Gasteiger partial charge in [-0.15, -0.1) is 0 Å². The summed E-state index contributed by atoms with van der Waals surface area (Å²) in [7, 11) is 5.72. The maximum absolute atomic E-state index is 8.48. The van der Waals surface area contributed by atoms with E-state index in [-0.39, 0.29) is 0 Å². The van der Waals surface area contributed by atoms with Crippen molar-refractivity contribution in [2.24, 2.45) is 0 Å². The molecule has 0 aromatic carbocycles. The molecule has 0 aromatic heterocycles. The van der Waals surface area contributed by atoms with E-state index in [2.05, 4.69) is 6.58 Å². The Morgan fingerprint density at radius 3 is 2.30 bits per heavy atom. The summed E-state index contributed by atoms with van der Waals surface area (Å²) in [5.41, 5.74) is 0. The molecular weight excluding hydrogens is 148 g/mol. The van der Waals surface area contributed by atoms with Crippen molar-refractivity contribution in [3.63, 3.8) is 0 Å². The van der Waals surface area contributed by atoms with Crippen LogP contribution in [0.4, 0.5) is 0 Å². The molecule has 0 bridgehead atoms. The van der Waals surface area contributed by atoms with Crippen molar-refractivity contribution >= 4 is 12.0 Å². The second-order valence-corrected chi connectivity index (χ2v) is 2.78. The van der Waals surface area contributed by atoms with E-state index in [9.17, 15) is 0 Å². The van der Waals surface area contributed by atoms with Crippen LogP contribution in [0.1, 0.15) is 0 Å². The Hall–Kier alpha value is -0.350. The summed E-state index contributed by atoms with van der Waals surface area (Å²) < 4.78 is 8.48. The zero-order valence-electron chi connectivity index (χ0n) is 6.66. The van der Waals surface area contributed by atoms with Gasteiger partial charge in [-0.1, -0.05) is 6.58 Å². The van der Waals surface area contributed by atoms with Crippen LogP contribution in [0, 0.1) is 0 Å². The highest BCUT2D eigenvalue weighted by Gasteiger charge is 2.01. The molecule has 4 heteroatoms. The standard InChI is InChI=1S/C6H14N2OS/c1-6(7(2)3)8(4)5-10-9/h9H,1,5H2,2-4H3. The van der Waals surface area contributed by atoms with E-state index < -0.39 is 0 Å². The molecule has 0 spiro atoms. The van der Waals surface area contributed by atoms with Crippen molar-refractivity contribution in [2.75, 3.05) is 27.0 Å². The van der Waals surface area contributed by atoms with Crippen molar-refractivity contribution in [1.29, 1.82) is 0 Å². The second-order valence-electron chi connectivity index (χ2n) is 2.27. The van der Waals surface area contributed by atoms with Gasteiger partial charge in [0.2, 0.25) is 0 Å². The molecule has 1 N–H and O–H groups in total. The second kappa shape index (κ2) is 4.46. The molecule has 0 fully saturated rings. The highest BCUT2D eigenvalue weighted by Crippen LogP contribution is 2.04. The lowest BCUT2D eigenvalue weighted by Gasteiger charge is -2.25. The van der Waals surface area contributed by atoms with Crippen molar-refractivity contribution in [3.05, 3.63) is 12.4 Å². The molecule has 0 rings (SSSR count). The molecule has 0 saturated carbocycles. The largest absolute Gasteiger partial charge is 0.365 e. The van der Waals surface area contributed by atoms with Crippen LogP contribution in [0.15, 0.2) is 12.4 Å². The van der Waals surface area contributed by atoms with Gasteiger partial charge in [-0.05, 0) is 0 Å². The lowest BCUT2D eigenvalue weighted by Crippen LogP contribution is -2.26. The van der Waals surface area contributed by atoms with Gasteiger partial charge in [-0.3, -0.25) is 0 Å². The van der Waals surface area contributed by atoms with E-state index in [1.165, 1.54) is 0 Å². The lowest BCUT2D eigenvalue weighted by molar-refractivity contribution is 0.334. The minimum atomic E-state index is 0.553. The fourth-order valence-electron chi connectivity index (χ4n) is 0.503. The molecule has 0 heterocycles. The molecule has 10 heavy (non-hydrogen) atoms. The van der Waals surface area contributed by atoms with Gasteiger partial charge in [0.15, 0.2) is 0 Å². The van der Waals surface area contributed by atoms with Crippen LogP contribution in [-0.2, 0) is 0 Å². The van der Waals surface area contributed by atoms with Gasteiger partial charge in [0.05, 0.1) is 11.7 Å². The third kappa shape index (κ3) is 2.98. The summed E-state index contributed by atoms with van der Waals surface area (Å²) >= 11 is 0.794. The first-order valence-electron chi connectivity index (χ1n) is 2.93. The van der Waals surface area contributed by atoms with Crippen molar-refractivity contribution < 1.29 is 4.55 Å². The molecule has 0 radical (unpaired) electrons. The summed E-state index contributed by atoms with van der Waals surface area (Å²) in [6.07, 6.45) is 0. The molecule has 0 aliphatic carbocycles. The molecule has 0 atom stereocenters. The van der Waals surface area contributed by atoms with E-state index in [4.69, 9.17) is 4.55 Å². The normalized spacial score (nSPS) is 9.20. The predicted octanol–water partition coefficient (Wildman–Crippen LogP) is 1.11. The summed E-state index contributed by atoms with van der Waals surface area (Å²) in [6, 6.07) is 0.